The van der Waals surface area contributed by atoms with Crippen molar-refractivity contribution in [2.24, 2.45) is 0 Å². The van der Waals surface area contributed by atoms with Crippen LogP contribution in [0, 0.1) is 0 Å². The van der Waals surface area contributed by atoms with Crippen LogP contribution in [-0.4, -0.2) is 22.6 Å². The summed E-state index contributed by atoms with van der Waals surface area (Å²) in [5, 5.41) is 0. The first kappa shape index (κ1) is 12.6. The van der Waals surface area contributed by atoms with Crippen LogP contribution >= 0.6 is 0 Å². The third-order valence-electron chi connectivity index (χ3n) is 4.54. The van der Waals surface area contributed by atoms with Gasteiger partial charge in [0.1, 0.15) is 24.5 Å². The molecule has 0 bridgehead atoms. The number of hydrogen-bond donors (Lipinski definition) is 0. The van der Waals surface area contributed by atoms with E-state index in [1.54, 1.807) is 6.33 Å². The van der Waals surface area contributed by atoms with Gasteiger partial charge < -0.3 is 9.64 Å². The van der Waals surface area contributed by atoms with Crippen molar-refractivity contribution in [1.29, 1.82) is 0 Å². The van der Waals surface area contributed by atoms with Crippen LogP contribution in [0.1, 0.15) is 36.6 Å². The van der Waals surface area contributed by atoms with Crippen LogP contribution in [0.2, 0.25) is 0 Å². The van der Waals surface area contributed by atoms with Gasteiger partial charge in [0.05, 0.1) is 5.69 Å². The number of hydrogen-bond acceptors (Lipinski definition) is 4. The molecule has 1 unspecified atom stereocenters. The number of nitrogens with zero attached hydrogens (tertiary/aromatic N) is 3. The summed E-state index contributed by atoms with van der Waals surface area (Å²) in [7, 11) is 0. The summed E-state index contributed by atoms with van der Waals surface area (Å²) in [6.07, 6.45) is 5.02. The Morgan fingerprint density at radius 3 is 3.00 bits per heavy atom. The summed E-state index contributed by atoms with van der Waals surface area (Å²) >= 11 is 0. The van der Waals surface area contributed by atoms with Gasteiger partial charge in [-0.25, -0.2) is 9.97 Å². The van der Waals surface area contributed by atoms with Crippen molar-refractivity contribution < 1.29 is 4.74 Å². The summed E-state index contributed by atoms with van der Waals surface area (Å²) in [6, 6.07) is 8.81. The number of rotatable bonds is 1. The van der Waals surface area contributed by atoms with Crippen molar-refractivity contribution in [3.05, 3.63) is 47.4 Å². The molecular weight excluding hydrogens is 262 g/mol. The summed E-state index contributed by atoms with van der Waals surface area (Å²) < 4.78 is 5.91. The van der Waals surface area contributed by atoms with Crippen molar-refractivity contribution >= 4 is 5.82 Å². The van der Waals surface area contributed by atoms with Crippen molar-refractivity contribution in [1.82, 2.24) is 9.97 Å². The number of para-hydroxylation sites is 1. The summed E-state index contributed by atoms with van der Waals surface area (Å²) in [6.45, 7) is 3.90. The Hall–Kier alpha value is -2.10. The number of benzene rings is 1. The Bertz CT molecular complexity index is 671. The molecule has 4 heteroatoms. The molecule has 1 fully saturated rings. The van der Waals surface area contributed by atoms with Gasteiger partial charge in [0.25, 0.3) is 0 Å². The highest BCUT2D eigenvalue weighted by Crippen LogP contribution is 2.33. The lowest BCUT2D eigenvalue weighted by atomic mass is 10.0. The maximum absolute atomic E-state index is 5.91. The zero-order chi connectivity index (χ0) is 14.2. The van der Waals surface area contributed by atoms with E-state index in [4.69, 9.17) is 4.74 Å². The third kappa shape index (κ3) is 2.15. The van der Waals surface area contributed by atoms with Crippen molar-refractivity contribution in [3.63, 3.8) is 0 Å². The Morgan fingerprint density at radius 1 is 1.24 bits per heavy atom. The molecule has 2 aromatic rings. The molecule has 3 heterocycles. The maximum atomic E-state index is 5.91. The zero-order valence-electron chi connectivity index (χ0n) is 12.2. The minimum absolute atomic E-state index is 0.532. The highest BCUT2D eigenvalue weighted by molar-refractivity contribution is 5.54. The lowest BCUT2D eigenvalue weighted by Gasteiger charge is -2.25. The molecular formula is C17H19N3O. The molecule has 0 spiro atoms. The average molecular weight is 281 g/mol. The molecule has 4 rings (SSSR count). The van der Waals surface area contributed by atoms with E-state index in [2.05, 4.69) is 33.9 Å². The van der Waals surface area contributed by atoms with E-state index in [-0.39, 0.29) is 0 Å². The zero-order valence-corrected chi connectivity index (χ0v) is 12.2. The van der Waals surface area contributed by atoms with Gasteiger partial charge in [0.15, 0.2) is 0 Å². The van der Waals surface area contributed by atoms with E-state index in [9.17, 15) is 0 Å². The van der Waals surface area contributed by atoms with Gasteiger partial charge in [0.2, 0.25) is 0 Å². The van der Waals surface area contributed by atoms with Crippen molar-refractivity contribution in [3.8, 4) is 5.75 Å². The van der Waals surface area contributed by atoms with Crippen LogP contribution in [0.4, 0.5) is 5.82 Å². The predicted molar refractivity (Wildman–Crippen MR) is 81.7 cm³/mol. The Kier molecular flexibility index (Phi) is 3.02. The molecule has 2 aliphatic rings. The molecule has 0 aliphatic carbocycles. The molecule has 0 N–H and O–H groups in total. The SMILES string of the molecule is CC1CCCN1c1ncnc2c1Cc1ccccc1OC2. The fraction of sp³-hybridized carbons (Fsp3) is 0.412. The standard InChI is InChI=1S/C17H19N3O/c1-12-5-4-8-20(12)17-14-9-13-6-2-3-7-16(13)21-10-15(14)18-11-19-17/h2-3,6-7,11-12H,4-5,8-10H2,1H3. The summed E-state index contributed by atoms with van der Waals surface area (Å²) in [4.78, 5) is 11.5. The molecule has 0 radical (unpaired) electrons. The molecule has 0 saturated carbocycles. The fourth-order valence-corrected chi connectivity index (χ4v) is 3.37. The second-order valence-electron chi connectivity index (χ2n) is 5.88. The van der Waals surface area contributed by atoms with Gasteiger partial charge in [-0.05, 0) is 31.4 Å². The van der Waals surface area contributed by atoms with Gasteiger partial charge >= 0.3 is 0 Å². The van der Waals surface area contributed by atoms with E-state index in [0.717, 1.165) is 30.2 Å². The van der Waals surface area contributed by atoms with Crippen LogP contribution < -0.4 is 9.64 Å². The minimum Gasteiger partial charge on any atom is -0.487 e. The van der Waals surface area contributed by atoms with Crippen molar-refractivity contribution in [2.75, 3.05) is 11.4 Å². The van der Waals surface area contributed by atoms with Crippen LogP contribution in [0.15, 0.2) is 30.6 Å². The molecule has 21 heavy (non-hydrogen) atoms. The second kappa shape index (κ2) is 5.02. The van der Waals surface area contributed by atoms with Crippen LogP contribution in [-0.2, 0) is 13.0 Å². The molecule has 2 aliphatic heterocycles. The Balaban J connectivity index is 1.80. The first-order chi connectivity index (χ1) is 10.3. The van der Waals surface area contributed by atoms with Crippen LogP contribution in [0.3, 0.4) is 0 Å². The highest BCUT2D eigenvalue weighted by Gasteiger charge is 2.27. The van der Waals surface area contributed by atoms with E-state index >= 15 is 0 Å². The number of ether oxygens (including phenoxy) is 1. The molecule has 0 amide bonds. The normalized spacial score (nSPS) is 20.4. The summed E-state index contributed by atoms with van der Waals surface area (Å²) in [5.41, 5.74) is 3.48. The monoisotopic (exact) mass is 281 g/mol. The minimum atomic E-state index is 0.532. The van der Waals surface area contributed by atoms with E-state index < -0.39 is 0 Å². The van der Waals surface area contributed by atoms with E-state index in [0.29, 0.717) is 12.6 Å². The van der Waals surface area contributed by atoms with Gasteiger partial charge in [-0.1, -0.05) is 18.2 Å². The highest BCUT2D eigenvalue weighted by atomic mass is 16.5. The third-order valence-corrected chi connectivity index (χ3v) is 4.54. The van der Waals surface area contributed by atoms with E-state index in [1.165, 1.54) is 24.0 Å². The van der Waals surface area contributed by atoms with Gasteiger partial charge in [-0.15, -0.1) is 0 Å². The van der Waals surface area contributed by atoms with Crippen molar-refractivity contribution in [2.45, 2.75) is 38.8 Å². The molecule has 108 valence electrons. The first-order valence-electron chi connectivity index (χ1n) is 7.63. The lowest BCUT2D eigenvalue weighted by molar-refractivity contribution is 0.302. The summed E-state index contributed by atoms with van der Waals surface area (Å²) in [5.74, 6) is 2.07. The largest absolute Gasteiger partial charge is 0.487 e. The molecule has 1 aromatic heterocycles. The second-order valence-corrected chi connectivity index (χ2v) is 5.88. The van der Waals surface area contributed by atoms with Crippen LogP contribution in [0.5, 0.6) is 5.75 Å². The lowest BCUT2D eigenvalue weighted by Crippen LogP contribution is -2.29. The van der Waals surface area contributed by atoms with Gasteiger partial charge in [-0.2, -0.15) is 0 Å². The smallest absolute Gasteiger partial charge is 0.136 e. The number of anilines is 1. The van der Waals surface area contributed by atoms with Crippen LogP contribution in [0.25, 0.3) is 0 Å². The predicted octanol–water partition coefficient (Wildman–Crippen LogP) is 2.95. The first-order valence-corrected chi connectivity index (χ1v) is 7.63. The molecule has 1 saturated heterocycles. The van der Waals surface area contributed by atoms with Gasteiger partial charge in [-0.3, -0.25) is 0 Å². The number of aromatic nitrogens is 2. The quantitative estimate of drug-likeness (QED) is 0.805. The Morgan fingerprint density at radius 2 is 2.14 bits per heavy atom. The number of fused-ring (bicyclic) bond motifs is 2. The molecule has 1 aromatic carbocycles. The molecule has 1 atom stereocenters. The topological polar surface area (TPSA) is 38.2 Å². The molecule has 4 nitrogen and oxygen atoms in total. The van der Waals surface area contributed by atoms with Gasteiger partial charge in [0, 0.05) is 24.6 Å². The Labute approximate surface area is 124 Å². The van der Waals surface area contributed by atoms with E-state index in [1.807, 2.05) is 12.1 Å². The average Bonchev–Trinajstić information content (AvgIpc) is 2.83. The maximum Gasteiger partial charge on any atom is 0.136 e. The fourth-order valence-electron chi connectivity index (χ4n) is 3.37.